The highest BCUT2D eigenvalue weighted by molar-refractivity contribution is 8.00. The number of nitrogens with two attached hydrogens (primary N) is 1. The monoisotopic (exact) mass is 227 g/mol. The molecule has 1 aromatic rings. The molecule has 2 N–H and O–H groups in total. The fourth-order valence-electron chi connectivity index (χ4n) is 1.48. The molecule has 1 aliphatic rings. The number of ether oxygens (including phenoxy) is 1. The molecule has 1 aromatic carbocycles. The van der Waals surface area contributed by atoms with Crippen LogP contribution in [0.15, 0.2) is 23.1 Å². The number of rotatable bonds is 3. The van der Waals surface area contributed by atoms with E-state index in [0.717, 1.165) is 4.90 Å². The second-order valence-electron chi connectivity index (χ2n) is 3.89. The van der Waals surface area contributed by atoms with Crippen molar-refractivity contribution in [1.29, 1.82) is 0 Å². The predicted molar refractivity (Wildman–Crippen MR) is 59.6 cm³/mol. The quantitative estimate of drug-likeness (QED) is 0.857. The van der Waals surface area contributed by atoms with Gasteiger partial charge in [0.25, 0.3) is 0 Å². The van der Waals surface area contributed by atoms with Gasteiger partial charge in [-0.15, -0.1) is 11.8 Å². The standard InChI is InChI=1S/C11H14FNOS/c1-8-4-9(2-3-10(8)12)15-11(5-13)6-14-7-11/h2-4H,5-7,13H2,1H3. The van der Waals surface area contributed by atoms with Crippen LogP contribution in [0.3, 0.4) is 0 Å². The Labute approximate surface area is 93.0 Å². The predicted octanol–water partition coefficient (Wildman–Crippen LogP) is 1.95. The smallest absolute Gasteiger partial charge is 0.126 e. The molecule has 15 heavy (non-hydrogen) atoms. The molecular formula is C11H14FNOS. The summed E-state index contributed by atoms with van der Waals surface area (Å²) in [5, 5.41) is 0. The van der Waals surface area contributed by atoms with E-state index in [1.807, 2.05) is 6.07 Å². The Bertz CT molecular complexity index is 360. The molecule has 2 nitrogen and oxygen atoms in total. The topological polar surface area (TPSA) is 35.2 Å². The maximum Gasteiger partial charge on any atom is 0.126 e. The van der Waals surface area contributed by atoms with Crippen LogP contribution in [0.25, 0.3) is 0 Å². The third-order valence-electron chi connectivity index (χ3n) is 2.57. The second kappa shape index (κ2) is 4.12. The van der Waals surface area contributed by atoms with Crippen molar-refractivity contribution >= 4 is 11.8 Å². The molecule has 0 amide bonds. The fraction of sp³-hybridized carbons (Fsp3) is 0.455. The van der Waals surface area contributed by atoms with Gasteiger partial charge in [0.1, 0.15) is 5.82 Å². The average molecular weight is 227 g/mol. The van der Waals surface area contributed by atoms with Gasteiger partial charge in [0.05, 0.1) is 18.0 Å². The van der Waals surface area contributed by atoms with Gasteiger partial charge in [-0.05, 0) is 30.7 Å². The summed E-state index contributed by atoms with van der Waals surface area (Å²) < 4.78 is 18.2. The Morgan fingerprint density at radius 1 is 1.53 bits per heavy atom. The van der Waals surface area contributed by atoms with Crippen molar-refractivity contribution in [2.75, 3.05) is 19.8 Å². The Morgan fingerprint density at radius 3 is 2.73 bits per heavy atom. The summed E-state index contributed by atoms with van der Waals surface area (Å²) in [7, 11) is 0. The third-order valence-corrected chi connectivity index (χ3v) is 3.89. The van der Waals surface area contributed by atoms with Crippen LogP contribution in [-0.2, 0) is 4.74 Å². The number of thioether (sulfide) groups is 1. The van der Waals surface area contributed by atoms with Crippen LogP contribution < -0.4 is 5.73 Å². The molecule has 0 saturated carbocycles. The molecule has 0 unspecified atom stereocenters. The van der Waals surface area contributed by atoms with E-state index in [1.165, 1.54) is 6.07 Å². The average Bonchev–Trinajstić information content (AvgIpc) is 2.17. The SMILES string of the molecule is Cc1cc(SC2(CN)COC2)ccc1F. The molecular weight excluding hydrogens is 213 g/mol. The molecule has 4 heteroatoms. The van der Waals surface area contributed by atoms with Crippen molar-refractivity contribution in [1.82, 2.24) is 0 Å². The van der Waals surface area contributed by atoms with E-state index in [4.69, 9.17) is 10.5 Å². The van der Waals surface area contributed by atoms with E-state index in [0.29, 0.717) is 25.3 Å². The lowest BCUT2D eigenvalue weighted by Gasteiger charge is -2.39. The molecule has 1 heterocycles. The molecule has 0 spiro atoms. The highest BCUT2D eigenvalue weighted by atomic mass is 32.2. The molecule has 82 valence electrons. The number of hydrogen-bond acceptors (Lipinski definition) is 3. The Hall–Kier alpha value is -0.580. The number of aryl methyl sites for hydroxylation is 1. The highest BCUT2D eigenvalue weighted by Gasteiger charge is 2.38. The van der Waals surface area contributed by atoms with Crippen LogP contribution in [0.5, 0.6) is 0 Å². The Balaban J connectivity index is 2.13. The van der Waals surface area contributed by atoms with Crippen molar-refractivity contribution in [2.45, 2.75) is 16.6 Å². The minimum Gasteiger partial charge on any atom is -0.378 e. The number of hydrogen-bond donors (Lipinski definition) is 1. The van der Waals surface area contributed by atoms with E-state index in [-0.39, 0.29) is 10.6 Å². The molecule has 0 aliphatic carbocycles. The van der Waals surface area contributed by atoms with Crippen molar-refractivity contribution < 1.29 is 9.13 Å². The summed E-state index contributed by atoms with van der Waals surface area (Å²) in [6, 6.07) is 5.15. The van der Waals surface area contributed by atoms with Crippen LogP contribution in [0.1, 0.15) is 5.56 Å². The lowest BCUT2D eigenvalue weighted by Crippen LogP contribution is -2.52. The largest absolute Gasteiger partial charge is 0.378 e. The second-order valence-corrected chi connectivity index (χ2v) is 5.43. The highest BCUT2D eigenvalue weighted by Crippen LogP contribution is 2.38. The zero-order chi connectivity index (χ0) is 10.9. The molecule has 0 radical (unpaired) electrons. The lowest BCUT2D eigenvalue weighted by atomic mass is 10.1. The van der Waals surface area contributed by atoms with Gasteiger partial charge in [-0.2, -0.15) is 0 Å². The zero-order valence-corrected chi connectivity index (χ0v) is 9.44. The maximum atomic E-state index is 13.1. The van der Waals surface area contributed by atoms with Crippen molar-refractivity contribution in [2.24, 2.45) is 5.73 Å². The minimum absolute atomic E-state index is 0.00424. The molecule has 0 aromatic heterocycles. The van der Waals surface area contributed by atoms with Crippen LogP contribution in [0.4, 0.5) is 4.39 Å². The maximum absolute atomic E-state index is 13.1. The fourth-order valence-corrected chi connectivity index (χ4v) is 2.72. The first-order valence-electron chi connectivity index (χ1n) is 4.88. The minimum atomic E-state index is -0.161. The number of halogens is 1. The van der Waals surface area contributed by atoms with Crippen LogP contribution in [0.2, 0.25) is 0 Å². The summed E-state index contributed by atoms with van der Waals surface area (Å²) in [4.78, 5) is 1.06. The van der Waals surface area contributed by atoms with E-state index in [2.05, 4.69) is 0 Å². The van der Waals surface area contributed by atoms with Crippen LogP contribution in [-0.4, -0.2) is 24.5 Å². The summed E-state index contributed by atoms with van der Waals surface area (Å²) in [5.74, 6) is -0.161. The summed E-state index contributed by atoms with van der Waals surface area (Å²) >= 11 is 1.68. The molecule has 0 atom stereocenters. The summed E-state index contributed by atoms with van der Waals surface area (Å²) in [5.41, 5.74) is 6.38. The van der Waals surface area contributed by atoms with E-state index in [1.54, 1.807) is 24.8 Å². The summed E-state index contributed by atoms with van der Waals surface area (Å²) in [6.45, 7) is 3.73. The van der Waals surface area contributed by atoms with Gasteiger partial charge in [-0.1, -0.05) is 0 Å². The Morgan fingerprint density at radius 2 is 2.27 bits per heavy atom. The Kier molecular flexibility index (Phi) is 3.00. The van der Waals surface area contributed by atoms with E-state index >= 15 is 0 Å². The van der Waals surface area contributed by atoms with Gasteiger partial charge < -0.3 is 10.5 Å². The first-order valence-corrected chi connectivity index (χ1v) is 5.70. The zero-order valence-electron chi connectivity index (χ0n) is 8.63. The number of benzene rings is 1. The third kappa shape index (κ3) is 2.17. The van der Waals surface area contributed by atoms with Crippen molar-refractivity contribution in [3.8, 4) is 0 Å². The van der Waals surface area contributed by atoms with Gasteiger partial charge in [0, 0.05) is 11.4 Å². The van der Waals surface area contributed by atoms with Crippen LogP contribution in [0, 0.1) is 12.7 Å². The lowest BCUT2D eigenvalue weighted by molar-refractivity contribution is -0.00434. The van der Waals surface area contributed by atoms with Crippen molar-refractivity contribution in [3.05, 3.63) is 29.6 Å². The van der Waals surface area contributed by atoms with Gasteiger partial charge in [0.2, 0.25) is 0 Å². The van der Waals surface area contributed by atoms with Crippen LogP contribution >= 0.6 is 11.8 Å². The van der Waals surface area contributed by atoms with E-state index in [9.17, 15) is 4.39 Å². The normalized spacial score (nSPS) is 18.6. The van der Waals surface area contributed by atoms with Gasteiger partial charge >= 0.3 is 0 Å². The van der Waals surface area contributed by atoms with Crippen molar-refractivity contribution in [3.63, 3.8) is 0 Å². The summed E-state index contributed by atoms with van der Waals surface area (Å²) in [6.07, 6.45) is 0. The first-order chi connectivity index (χ1) is 7.15. The van der Waals surface area contributed by atoms with E-state index < -0.39 is 0 Å². The van der Waals surface area contributed by atoms with Gasteiger partial charge in [0.15, 0.2) is 0 Å². The van der Waals surface area contributed by atoms with Gasteiger partial charge in [-0.25, -0.2) is 4.39 Å². The van der Waals surface area contributed by atoms with Gasteiger partial charge in [-0.3, -0.25) is 0 Å². The molecule has 1 fully saturated rings. The first kappa shape index (κ1) is 10.9. The molecule has 0 bridgehead atoms. The molecule has 2 rings (SSSR count). The molecule has 1 aliphatic heterocycles. The molecule has 1 saturated heterocycles.